The van der Waals surface area contributed by atoms with Crippen molar-refractivity contribution >= 4 is 11.9 Å². The van der Waals surface area contributed by atoms with Crippen molar-refractivity contribution in [3.63, 3.8) is 0 Å². The van der Waals surface area contributed by atoms with Crippen LogP contribution >= 0.6 is 0 Å². The maximum Gasteiger partial charge on any atom is 0.309 e. The highest BCUT2D eigenvalue weighted by Crippen LogP contribution is 2.14. The summed E-state index contributed by atoms with van der Waals surface area (Å²) in [5, 5.41) is 2.78. The minimum atomic E-state index is -0.318. The van der Waals surface area contributed by atoms with Gasteiger partial charge in [-0.25, -0.2) is 4.39 Å². The van der Waals surface area contributed by atoms with Crippen LogP contribution in [0.25, 0.3) is 0 Å². The summed E-state index contributed by atoms with van der Waals surface area (Å²) in [4.78, 5) is 23.1. The second-order valence-corrected chi connectivity index (χ2v) is 5.53. The predicted octanol–water partition coefficient (Wildman–Crippen LogP) is 2.80. The van der Waals surface area contributed by atoms with E-state index in [2.05, 4.69) is 10.1 Å². The van der Waals surface area contributed by atoms with Crippen LogP contribution in [0.4, 0.5) is 4.39 Å². The summed E-state index contributed by atoms with van der Waals surface area (Å²) >= 11 is 0. The van der Waals surface area contributed by atoms with Gasteiger partial charge in [0.25, 0.3) is 5.91 Å². The zero-order valence-corrected chi connectivity index (χ0v) is 14.1. The molecule has 6 heteroatoms. The minimum absolute atomic E-state index is 0.137. The molecule has 1 N–H and O–H groups in total. The smallest absolute Gasteiger partial charge is 0.309 e. The highest BCUT2D eigenvalue weighted by molar-refractivity contribution is 5.78. The SMILES string of the molecule is COC(=O)Cc1ccc(OCC(=O)N[C@@H](C)c2ccc(F)cc2)cc1. The Morgan fingerprint density at radius 1 is 1.08 bits per heavy atom. The quantitative estimate of drug-likeness (QED) is 0.784. The van der Waals surface area contributed by atoms with Crippen LogP contribution in [-0.2, 0) is 20.7 Å². The first-order chi connectivity index (χ1) is 12.0. The molecular weight excluding hydrogens is 325 g/mol. The van der Waals surface area contributed by atoms with E-state index in [1.54, 1.807) is 36.4 Å². The van der Waals surface area contributed by atoms with Crippen LogP contribution in [0.3, 0.4) is 0 Å². The van der Waals surface area contributed by atoms with E-state index >= 15 is 0 Å². The molecule has 0 spiro atoms. The van der Waals surface area contributed by atoms with Crippen molar-refractivity contribution in [3.8, 4) is 5.75 Å². The first-order valence-electron chi connectivity index (χ1n) is 7.81. The Kier molecular flexibility index (Phi) is 6.51. The van der Waals surface area contributed by atoms with Gasteiger partial charge in [-0.05, 0) is 42.3 Å². The number of amides is 1. The molecule has 0 aromatic heterocycles. The number of carbonyl (C=O) groups excluding carboxylic acids is 2. The average molecular weight is 345 g/mol. The van der Waals surface area contributed by atoms with Gasteiger partial charge in [0.15, 0.2) is 6.61 Å². The van der Waals surface area contributed by atoms with E-state index in [-0.39, 0.29) is 36.8 Å². The predicted molar refractivity (Wildman–Crippen MR) is 90.6 cm³/mol. The molecule has 132 valence electrons. The van der Waals surface area contributed by atoms with Gasteiger partial charge in [-0.3, -0.25) is 9.59 Å². The largest absolute Gasteiger partial charge is 0.484 e. The summed E-state index contributed by atoms with van der Waals surface area (Å²) < 4.78 is 22.9. The molecule has 0 heterocycles. The van der Waals surface area contributed by atoms with Crippen molar-refractivity contribution in [2.75, 3.05) is 13.7 Å². The topological polar surface area (TPSA) is 64.6 Å². The van der Waals surface area contributed by atoms with Crippen LogP contribution < -0.4 is 10.1 Å². The Labute approximate surface area is 145 Å². The number of halogens is 1. The Balaban J connectivity index is 1.81. The highest BCUT2D eigenvalue weighted by Gasteiger charge is 2.10. The van der Waals surface area contributed by atoms with Crippen molar-refractivity contribution in [2.24, 2.45) is 0 Å². The van der Waals surface area contributed by atoms with E-state index in [0.717, 1.165) is 11.1 Å². The third kappa shape index (κ3) is 5.91. The maximum atomic E-state index is 12.9. The fraction of sp³-hybridized carbons (Fsp3) is 0.263. The summed E-state index contributed by atoms with van der Waals surface area (Å²) in [6.07, 6.45) is 0.187. The molecule has 0 saturated carbocycles. The molecule has 0 fully saturated rings. The fourth-order valence-corrected chi connectivity index (χ4v) is 2.21. The number of benzene rings is 2. The molecule has 2 rings (SSSR count). The Morgan fingerprint density at radius 3 is 2.32 bits per heavy atom. The molecule has 1 amide bonds. The van der Waals surface area contributed by atoms with Crippen LogP contribution in [0.15, 0.2) is 48.5 Å². The molecule has 0 aliphatic rings. The molecule has 0 aliphatic carbocycles. The maximum absolute atomic E-state index is 12.9. The van der Waals surface area contributed by atoms with Crippen LogP contribution in [0.1, 0.15) is 24.1 Å². The zero-order valence-electron chi connectivity index (χ0n) is 14.1. The van der Waals surface area contributed by atoms with Gasteiger partial charge in [-0.15, -0.1) is 0 Å². The standard InChI is InChI=1S/C19H20FNO4/c1-13(15-5-7-16(20)8-6-15)21-18(22)12-25-17-9-3-14(4-10-17)11-19(23)24-2/h3-10,13H,11-12H2,1-2H3,(H,21,22)/t13-/m0/s1. The second kappa shape index (κ2) is 8.82. The lowest BCUT2D eigenvalue weighted by Gasteiger charge is -2.15. The van der Waals surface area contributed by atoms with Crippen molar-refractivity contribution in [1.29, 1.82) is 0 Å². The Bertz CT molecular complexity index is 713. The van der Waals surface area contributed by atoms with Crippen LogP contribution in [0, 0.1) is 5.82 Å². The Morgan fingerprint density at radius 2 is 1.72 bits per heavy atom. The summed E-state index contributed by atoms with van der Waals surface area (Å²) in [7, 11) is 1.34. The van der Waals surface area contributed by atoms with E-state index in [1.807, 2.05) is 6.92 Å². The van der Waals surface area contributed by atoms with Gasteiger partial charge < -0.3 is 14.8 Å². The van der Waals surface area contributed by atoms with E-state index in [9.17, 15) is 14.0 Å². The van der Waals surface area contributed by atoms with E-state index < -0.39 is 0 Å². The lowest BCUT2D eigenvalue weighted by Crippen LogP contribution is -2.31. The average Bonchev–Trinajstić information content (AvgIpc) is 2.61. The number of rotatable bonds is 7. The van der Waals surface area contributed by atoms with Gasteiger partial charge in [-0.1, -0.05) is 24.3 Å². The molecule has 1 atom stereocenters. The molecule has 2 aromatic carbocycles. The van der Waals surface area contributed by atoms with Crippen LogP contribution in [-0.4, -0.2) is 25.6 Å². The van der Waals surface area contributed by atoms with Crippen molar-refractivity contribution in [2.45, 2.75) is 19.4 Å². The molecule has 25 heavy (non-hydrogen) atoms. The van der Waals surface area contributed by atoms with Crippen LogP contribution in [0.2, 0.25) is 0 Å². The molecular formula is C19H20FNO4. The second-order valence-electron chi connectivity index (χ2n) is 5.53. The summed E-state index contributed by atoms with van der Waals surface area (Å²) in [6, 6.07) is 12.6. The molecule has 0 aliphatic heterocycles. The molecule has 0 bridgehead atoms. The lowest BCUT2D eigenvalue weighted by atomic mass is 10.1. The number of esters is 1. The third-order valence-electron chi connectivity index (χ3n) is 3.62. The number of hydrogen-bond donors (Lipinski definition) is 1. The molecule has 0 unspecified atom stereocenters. The number of nitrogens with one attached hydrogen (secondary N) is 1. The molecule has 0 radical (unpaired) electrons. The van der Waals surface area contributed by atoms with Gasteiger partial charge in [0.2, 0.25) is 0 Å². The lowest BCUT2D eigenvalue weighted by molar-refractivity contribution is -0.139. The zero-order chi connectivity index (χ0) is 18.2. The van der Waals surface area contributed by atoms with Gasteiger partial charge >= 0.3 is 5.97 Å². The number of carbonyl (C=O) groups is 2. The summed E-state index contributed by atoms with van der Waals surface area (Å²) in [5.41, 5.74) is 1.61. The fourth-order valence-electron chi connectivity index (χ4n) is 2.21. The molecule has 2 aromatic rings. The third-order valence-corrected chi connectivity index (χ3v) is 3.62. The summed E-state index contributed by atoms with van der Waals surface area (Å²) in [5.74, 6) is -0.391. The number of ether oxygens (including phenoxy) is 2. The summed E-state index contributed by atoms with van der Waals surface area (Å²) in [6.45, 7) is 1.68. The van der Waals surface area contributed by atoms with Gasteiger partial charge in [0.1, 0.15) is 11.6 Å². The number of methoxy groups -OCH3 is 1. The van der Waals surface area contributed by atoms with E-state index in [1.165, 1.54) is 19.2 Å². The minimum Gasteiger partial charge on any atom is -0.484 e. The van der Waals surface area contributed by atoms with E-state index in [4.69, 9.17) is 4.74 Å². The van der Waals surface area contributed by atoms with Crippen molar-refractivity contribution in [1.82, 2.24) is 5.32 Å². The Hall–Kier alpha value is -2.89. The van der Waals surface area contributed by atoms with E-state index in [0.29, 0.717) is 5.75 Å². The number of hydrogen-bond acceptors (Lipinski definition) is 4. The van der Waals surface area contributed by atoms with Crippen molar-refractivity contribution in [3.05, 3.63) is 65.5 Å². The van der Waals surface area contributed by atoms with Gasteiger partial charge in [-0.2, -0.15) is 0 Å². The molecule has 0 saturated heterocycles. The first kappa shape index (κ1) is 18.4. The van der Waals surface area contributed by atoms with Gasteiger partial charge in [0.05, 0.1) is 19.6 Å². The molecule has 5 nitrogen and oxygen atoms in total. The van der Waals surface area contributed by atoms with Crippen LogP contribution in [0.5, 0.6) is 5.75 Å². The monoisotopic (exact) mass is 345 g/mol. The van der Waals surface area contributed by atoms with Crippen molar-refractivity contribution < 1.29 is 23.5 Å². The van der Waals surface area contributed by atoms with Gasteiger partial charge in [0, 0.05) is 0 Å². The first-order valence-corrected chi connectivity index (χ1v) is 7.81. The normalized spacial score (nSPS) is 11.5. The highest BCUT2D eigenvalue weighted by atomic mass is 19.1.